The van der Waals surface area contributed by atoms with Crippen LogP contribution in [0.2, 0.25) is 0 Å². The molecule has 2 aromatic rings. The molecular weight excluding hydrogens is 236 g/mol. The van der Waals surface area contributed by atoms with Gasteiger partial charge >= 0.3 is 5.97 Å². The molecule has 0 radical (unpaired) electrons. The predicted octanol–water partition coefficient (Wildman–Crippen LogP) is 0.803. The van der Waals surface area contributed by atoms with Gasteiger partial charge in [0.15, 0.2) is 5.69 Å². The van der Waals surface area contributed by atoms with Crippen LogP contribution in [0.3, 0.4) is 0 Å². The summed E-state index contributed by atoms with van der Waals surface area (Å²) < 4.78 is 9.94. The van der Waals surface area contributed by atoms with Gasteiger partial charge in [0, 0.05) is 18.6 Å². The smallest absolute Gasteiger partial charge is 0.365 e. The topological polar surface area (TPSA) is 87.1 Å². The summed E-state index contributed by atoms with van der Waals surface area (Å²) in [5, 5.41) is 0. The Kier molecular flexibility index (Phi) is 3.42. The van der Waals surface area contributed by atoms with Gasteiger partial charge in [0.2, 0.25) is 0 Å². The maximum atomic E-state index is 11.7. The molecule has 0 aromatic carbocycles. The van der Waals surface area contributed by atoms with Crippen LogP contribution in [0.25, 0.3) is 0 Å². The minimum absolute atomic E-state index is 0.00706. The average molecular weight is 246 g/mol. The summed E-state index contributed by atoms with van der Waals surface area (Å²) in [5.74, 6) is -0.542. The van der Waals surface area contributed by atoms with E-state index in [1.54, 1.807) is 6.92 Å². The number of nitrogens with zero attached hydrogens (tertiary/aromatic N) is 4. The lowest BCUT2D eigenvalue weighted by atomic mass is 10.4. The van der Waals surface area contributed by atoms with Gasteiger partial charge in [-0.25, -0.2) is 19.7 Å². The Balaban J connectivity index is 2.18. The number of ether oxygens (including phenoxy) is 2. The van der Waals surface area contributed by atoms with Crippen molar-refractivity contribution in [1.82, 2.24) is 19.9 Å². The first-order chi connectivity index (χ1) is 8.70. The van der Waals surface area contributed by atoms with Gasteiger partial charge in [0.1, 0.15) is 0 Å². The molecule has 92 valence electrons. The number of methoxy groups -OCH3 is 1. The monoisotopic (exact) mass is 246 g/mol. The Morgan fingerprint density at radius 2 is 1.78 bits per heavy atom. The second-order valence-electron chi connectivity index (χ2n) is 3.30. The normalized spacial score (nSPS) is 9.89. The average Bonchev–Trinajstić information content (AvgIpc) is 2.40. The Hall–Kier alpha value is -2.57. The van der Waals surface area contributed by atoms with E-state index in [2.05, 4.69) is 19.9 Å². The van der Waals surface area contributed by atoms with Gasteiger partial charge in [0.05, 0.1) is 19.0 Å². The Morgan fingerprint density at radius 1 is 1.06 bits per heavy atom. The van der Waals surface area contributed by atoms with Crippen LogP contribution in [0.4, 0.5) is 0 Å². The Labute approximate surface area is 103 Å². The molecule has 7 heteroatoms. The number of carbonyl (C=O) groups is 1. The molecule has 18 heavy (non-hydrogen) atoms. The first-order valence-electron chi connectivity index (χ1n) is 5.06. The molecule has 0 saturated carbocycles. The van der Waals surface area contributed by atoms with Gasteiger partial charge in [-0.2, -0.15) is 0 Å². The molecular formula is C11H10N4O3. The standard InChI is InChI=1S/C11H10N4O3/c1-7-5-15-8(6-14-7)11(16)18-10-9(17-2)12-3-4-13-10/h3-6H,1-2H3. The molecule has 0 saturated heterocycles. The molecule has 0 bridgehead atoms. The zero-order valence-corrected chi connectivity index (χ0v) is 9.82. The minimum atomic E-state index is -0.665. The molecule has 0 aliphatic rings. The molecule has 2 aromatic heterocycles. The molecule has 2 rings (SSSR count). The lowest BCUT2D eigenvalue weighted by Crippen LogP contribution is -2.13. The third-order valence-electron chi connectivity index (χ3n) is 2.01. The van der Waals surface area contributed by atoms with Crippen LogP contribution < -0.4 is 9.47 Å². The first kappa shape index (κ1) is 11.9. The van der Waals surface area contributed by atoms with E-state index in [0.717, 1.165) is 0 Å². The number of hydrogen-bond acceptors (Lipinski definition) is 7. The maximum Gasteiger partial charge on any atom is 0.365 e. The highest BCUT2D eigenvalue weighted by atomic mass is 16.6. The first-order valence-corrected chi connectivity index (χ1v) is 5.06. The summed E-state index contributed by atoms with van der Waals surface area (Å²) in [5.41, 5.74) is 0.803. The fourth-order valence-electron chi connectivity index (χ4n) is 1.16. The fraction of sp³-hybridized carbons (Fsp3) is 0.182. The van der Waals surface area contributed by atoms with Gasteiger partial charge in [-0.1, -0.05) is 0 Å². The quantitative estimate of drug-likeness (QED) is 0.740. The number of carbonyl (C=O) groups excluding carboxylic acids is 1. The van der Waals surface area contributed by atoms with E-state index >= 15 is 0 Å². The zero-order valence-electron chi connectivity index (χ0n) is 9.82. The van der Waals surface area contributed by atoms with Crippen molar-refractivity contribution in [1.29, 1.82) is 0 Å². The molecule has 0 unspecified atom stereocenters. The molecule has 0 atom stereocenters. The SMILES string of the molecule is COc1nccnc1OC(=O)c1cnc(C)cn1. The number of rotatable bonds is 3. The van der Waals surface area contributed by atoms with Crippen LogP contribution in [0.1, 0.15) is 16.2 Å². The third kappa shape index (κ3) is 2.57. The molecule has 0 aliphatic heterocycles. The van der Waals surface area contributed by atoms with Gasteiger partial charge in [-0.05, 0) is 6.92 Å². The van der Waals surface area contributed by atoms with Crippen LogP contribution in [0.5, 0.6) is 11.8 Å². The number of aryl methyl sites for hydroxylation is 1. The van der Waals surface area contributed by atoms with E-state index in [9.17, 15) is 4.79 Å². The molecule has 0 amide bonds. The van der Waals surface area contributed by atoms with Crippen molar-refractivity contribution in [3.05, 3.63) is 36.2 Å². The van der Waals surface area contributed by atoms with Crippen LogP contribution in [-0.2, 0) is 0 Å². The zero-order chi connectivity index (χ0) is 13.0. The lowest BCUT2D eigenvalue weighted by Gasteiger charge is -2.05. The predicted molar refractivity (Wildman–Crippen MR) is 60.3 cm³/mol. The number of aromatic nitrogens is 4. The van der Waals surface area contributed by atoms with Crippen molar-refractivity contribution >= 4 is 5.97 Å². The van der Waals surface area contributed by atoms with Crippen LogP contribution in [-0.4, -0.2) is 33.0 Å². The van der Waals surface area contributed by atoms with Gasteiger partial charge in [-0.15, -0.1) is 0 Å². The van der Waals surface area contributed by atoms with Gasteiger partial charge < -0.3 is 9.47 Å². The lowest BCUT2D eigenvalue weighted by molar-refractivity contribution is 0.0713. The highest BCUT2D eigenvalue weighted by Crippen LogP contribution is 2.20. The summed E-state index contributed by atoms with van der Waals surface area (Å²) in [6, 6.07) is 0. The van der Waals surface area contributed by atoms with Crippen molar-refractivity contribution in [2.75, 3.05) is 7.11 Å². The second kappa shape index (κ2) is 5.17. The van der Waals surface area contributed by atoms with E-state index in [1.807, 2.05) is 0 Å². The largest absolute Gasteiger partial charge is 0.477 e. The van der Waals surface area contributed by atoms with E-state index in [4.69, 9.17) is 9.47 Å². The van der Waals surface area contributed by atoms with E-state index in [0.29, 0.717) is 5.69 Å². The molecule has 7 nitrogen and oxygen atoms in total. The minimum Gasteiger partial charge on any atom is -0.477 e. The second-order valence-corrected chi connectivity index (χ2v) is 3.30. The van der Waals surface area contributed by atoms with Gasteiger partial charge in [-0.3, -0.25) is 4.98 Å². The van der Waals surface area contributed by atoms with Crippen LogP contribution in [0, 0.1) is 6.92 Å². The molecule has 0 spiro atoms. The summed E-state index contributed by atoms with van der Waals surface area (Å²) >= 11 is 0. The third-order valence-corrected chi connectivity index (χ3v) is 2.01. The van der Waals surface area contributed by atoms with E-state index < -0.39 is 5.97 Å². The van der Waals surface area contributed by atoms with Crippen molar-refractivity contribution in [2.45, 2.75) is 6.92 Å². The van der Waals surface area contributed by atoms with Gasteiger partial charge in [0.25, 0.3) is 11.8 Å². The van der Waals surface area contributed by atoms with Crippen molar-refractivity contribution in [2.24, 2.45) is 0 Å². The molecule has 0 fully saturated rings. The summed E-state index contributed by atoms with van der Waals surface area (Å²) in [4.78, 5) is 27.3. The summed E-state index contributed by atoms with van der Waals surface area (Å²) in [6.07, 6.45) is 5.64. The highest BCUT2D eigenvalue weighted by molar-refractivity contribution is 5.88. The Bertz CT molecular complexity index is 556. The fourth-order valence-corrected chi connectivity index (χ4v) is 1.16. The van der Waals surface area contributed by atoms with Crippen molar-refractivity contribution in [3.8, 4) is 11.8 Å². The van der Waals surface area contributed by atoms with Crippen molar-refractivity contribution in [3.63, 3.8) is 0 Å². The molecule has 0 aliphatic carbocycles. The number of hydrogen-bond donors (Lipinski definition) is 0. The molecule has 0 N–H and O–H groups in total. The van der Waals surface area contributed by atoms with Crippen molar-refractivity contribution < 1.29 is 14.3 Å². The summed E-state index contributed by atoms with van der Waals surface area (Å²) in [7, 11) is 1.41. The Morgan fingerprint density at radius 3 is 2.39 bits per heavy atom. The van der Waals surface area contributed by atoms with Crippen LogP contribution >= 0.6 is 0 Å². The summed E-state index contributed by atoms with van der Waals surface area (Å²) in [6.45, 7) is 1.77. The van der Waals surface area contributed by atoms with E-state index in [1.165, 1.54) is 31.9 Å². The number of esters is 1. The maximum absolute atomic E-state index is 11.7. The molecule has 2 heterocycles. The highest BCUT2D eigenvalue weighted by Gasteiger charge is 2.15. The van der Waals surface area contributed by atoms with Crippen LogP contribution in [0.15, 0.2) is 24.8 Å². The van der Waals surface area contributed by atoms with E-state index in [-0.39, 0.29) is 17.5 Å².